The Morgan fingerprint density at radius 1 is 1.09 bits per heavy atom. The van der Waals surface area contributed by atoms with E-state index in [2.05, 4.69) is 62.7 Å². The average molecular weight is 610 g/mol. The quantitative estimate of drug-likeness (QED) is 0.436. The van der Waals surface area contributed by atoms with Crippen LogP contribution in [0, 0.1) is 5.41 Å². The molecule has 10 heteroatoms. The predicted molar refractivity (Wildman–Crippen MR) is 175 cm³/mol. The van der Waals surface area contributed by atoms with Crippen molar-refractivity contribution in [1.82, 2.24) is 29.3 Å². The smallest absolute Gasteiger partial charge is 0.273 e. The van der Waals surface area contributed by atoms with Gasteiger partial charge in [-0.25, -0.2) is 9.99 Å². The summed E-state index contributed by atoms with van der Waals surface area (Å²) in [4.78, 5) is 38.8. The molecule has 3 aromatic heterocycles. The van der Waals surface area contributed by atoms with Crippen LogP contribution in [-0.2, 0) is 19.4 Å². The number of fused-ring (bicyclic) bond motifs is 3. The van der Waals surface area contributed by atoms with Crippen LogP contribution in [0.1, 0.15) is 59.9 Å². The molecule has 1 saturated heterocycles. The number of aromatic amines is 1. The highest BCUT2D eigenvalue weighted by atomic mass is 16.3. The Kier molecular flexibility index (Phi) is 7.97. The van der Waals surface area contributed by atoms with Gasteiger partial charge in [0.1, 0.15) is 23.9 Å². The number of H-pyrrole nitrogens is 1. The van der Waals surface area contributed by atoms with Gasteiger partial charge in [-0.1, -0.05) is 31.2 Å². The van der Waals surface area contributed by atoms with E-state index in [9.17, 15) is 14.7 Å². The van der Waals surface area contributed by atoms with Crippen molar-refractivity contribution in [1.29, 1.82) is 0 Å². The molecule has 7 rings (SSSR count). The first kappa shape index (κ1) is 29.7. The standard InChI is InChI=1S/C35H43N7O3/c1-35(31-23-40-28-11-4-3-9-25(28)19-30(40)34(45)41(31)24-43)13-7-10-26(21-35)27-20-29(33(44)37-22-27)42(32-12-5-6-14-36-32)39-16-8-15-38(2)17-18-39/h5-7,10,12,14,19-22,31,43H,3-4,8-9,11,13,15-18,23-24H2,1-2H3,(H,37,44). The third-order valence-corrected chi connectivity index (χ3v) is 10.2. The second kappa shape index (κ2) is 12.1. The molecule has 0 saturated carbocycles. The number of aryl methyl sites for hydroxylation is 1. The maximum Gasteiger partial charge on any atom is 0.273 e. The number of pyridine rings is 2. The lowest BCUT2D eigenvalue weighted by Crippen LogP contribution is -2.55. The van der Waals surface area contributed by atoms with Crippen LogP contribution in [0.2, 0.25) is 0 Å². The molecule has 2 aliphatic carbocycles. The number of hydrogen-bond donors (Lipinski definition) is 2. The van der Waals surface area contributed by atoms with Gasteiger partial charge in [-0.3, -0.25) is 14.6 Å². The van der Waals surface area contributed by atoms with Gasteiger partial charge in [-0.2, -0.15) is 0 Å². The molecular formula is C35H43N7O3. The lowest BCUT2D eigenvalue weighted by molar-refractivity contribution is 0.00650. The van der Waals surface area contributed by atoms with Crippen molar-refractivity contribution in [3.8, 4) is 0 Å². The van der Waals surface area contributed by atoms with Gasteiger partial charge < -0.3 is 24.5 Å². The number of hydrazine groups is 1. The maximum absolute atomic E-state index is 13.7. The second-order valence-corrected chi connectivity index (χ2v) is 13.2. The summed E-state index contributed by atoms with van der Waals surface area (Å²) in [5.74, 6) is 0.599. The Bertz CT molecular complexity index is 1690. The van der Waals surface area contributed by atoms with Crippen LogP contribution in [0.5, 0.6) is 0 Å². The highest BCUT2D eigenvalue weighted by molar-refractivity contribution is 5.94. The molecule has 2 aliphatic heterocycles. The van der Waals surface area contributed by atoms with E-state index >= 15 is 0 Å². The Morgan fingerprint density at radius 2 is 1.96 bits per heavy atom. The topological polar surface area (TPSA) is 101 Å². The van der Waals surface area contributed by atoms with Crippen molar-refractivity contribution in [3.05, 3.63) is 93.8 Å². The van der Waals surface area contributed by atoms with Crippen LogP contribution in [0.4, 0.5) is 11.5 Å². The van der Waals surface area contributed by atoms with E-state index in [1.54, 1.807) is 17.3 Å². The van der Waals surface area contributed by atoms with Gasteiger partial charge in [0, 0.05) is 49.7 Å². The molecule has 0 bridgehead atoms. The highest BCUT2D eigenvalue weighted by Crippen LogP contribution is 2.43. The first-order chi connectivity index (χ1) is 21.9. The third-order valence-electron chi connectivity index (χ3n) is 10.2. The van der Waals surface area contributed by atoms with Crippen molar-refractivity contribution in [3.63, 3.8) is 0 Å². The van der Waals surface area contributed by atoms with E-state index in [-0.39, 0.29) is 24.2 Å². The Labute approximate surface area is 264 Å². The largest absolute Gasteiger partial charge is 0.376 e. The lowest BCUT2D eigenvalue weighted by atomic mass is 9.73. The molecule has 236 valence electrons. The van der Waals surface area contributed by atoms with Crippen LogP contribution < -0.4 is 10.6 Å². The van der Waals surface area contributed by atoms with Crippen molar-refractivity contribution >= 4 is 23.0 Å². The Balaban J connectivity index is 1.26. The molecule has 0 aromatic carbocycles. The number of amides is 1. The normalized spacial score (nSPS) is 24.2. The van der Waals surface area contributed by atoms with E-state index in [0.717, 1.165) is 75.8 Å². The molecule has 1 fully saturated rings. The fourth-order valence-corrected chi connectivity index (χ4v) is 7.68. The zero-order chi connectivity index (χ0) is 31.1. The molecule has 3 aromatic rings. The molecule has 0 spiro atoms. The van der Waals surface area contributed by atoms with E-state index in [1.165, 1.54) is 11.3 Å². The van der Waals surface area contributed by atoms with Crippen LogP contribution in [0.3, 0.4) is 0 Å². The van der Waals surface area contributed by atoms with Crippen molar-refractivity contribution in [2.45, 2.75) is 58.0 Å². The van der Waals surface area contributed by atoms with Crippen LogP contribution >= 0.6 is 0 Å². The SMILES string of the molecule is CN1CCCN(N(c2ccccn2)c2cc(C3=CC(C)(C4Cn5c(cc6c5CCCC6)C(=O)N4CO)CC=C3)c[nH]c2=O)CC1. The van der Waals surface area contributed by atoms with Gasteiger partial charge >= 0.3 is 0 Å². The molecule has 0 radical (unpaired) electrons. The minimum absolute atomic E-state index is 0.102. The number of carbonyl (C=O) groups excluding carboxylic acids is 1. The minimum Gasteiger partial charge on any atom is -0.376 e. The molecule has 2 unspecified atom stereocenters. The fraction of sp³-hybridized carbons (Fsp3) is 0.457. The number of allylic oxidation sites excluding steroid dienone is 3. The van der Waals surface area contributed by atoms with Crippen LogP contribution in [0.15, 0.2) is 65.7 Å². The zero-order valence-corrected chi connectivity index (χ0v) is 26.3. The first-order valence-electron chi connectivity index (χ1n) is 16.3. The molecule has 2 N–H and O–H groups in total. The Hall–Kier alpha value is -3.99. The number of likely N-dealkylation sites (N-methyl/N-ethyl adjacent to an activating group) is 1. The van der Waals surface area contributed by atoms with E-state index in [1.807, 2.05) is 29.3 Å². The first-order valence-corrected chi connectivity index (χ1v) is 16.3. The highest BCUT2D eigenvalue weighted by Gasteiger charge is 2.44. The van der Waals surface area contributed by atoms with Gasteiger partial charge in [-0.15, -0.1) is 0 Å². The zero-order valence-electron chi connectivity index (χ0n) is 26.3. The monoisotopic (exact) mass is 609 g/mol. The van der Waals surface area contributed by atoms with Gasteiger partial charge in [0.15, 0.2) is 0 Å². The molecule has 4 aliphatic rings. The van der Waals surface area contributed by atoms with Crippen molar-refractivity contribution < 1.29 is 9.90 Å². The number of aliphatic hydroxyl groups excluding tert-OH is 1. The summed E-state index contributed by atoms with van der Waals surface area (Å²) in [6.45, 7) is 5.98. The second-order valence-electron chi connectivity index (χ2n) is 13.2. The minimum atomic E-state index is -0.432. The van der Waals surface area contributed by atoms with Gasteiger partial charge in [0.2, 0.25) is 0 Å². The lowest BCUT2D eigenvalue weighted by Gasteiger charge is -2.46. The summed E-state index contributed by atoms with van der Waals surface area (Å²) >= 11 is 0. The molecule has 2 atom stereocenters. The van der Waals surface area contributed by atoms with Crippen LogP contribution in [-0.4, -0.2) is 86.4 Å². The summed E-state index contributed by atoms with van der Waals surface area (Å²) in [5.41, 5.74) is 5.03. The van der Waals surface area contributed by atoms with Gasteiger partial charge in [0.05, 0.1) is 6.04 Å². The Morgan fingerprint density at radius 3 is 2.78 bits per heavy atom. The average Bonchev–Trinajstić information content (AvgIpc) is 3.30. The number of anilines is 2. The summed E-state index contributed by atoms with van der Waals surface area (Å²) in [7, 11) is 2.13. The number of hydrogen-bond acceptors (Lipinski definition) is 7. The van der Waals surface area contributed by atoms with Crippen molar-refractivity contribution in [2.75, 3.05) is 45.0 Å². The van der Waals surface area contributed by atoms with Gasteiger partial charge in [-0.05, 0) is 93.1 Å². The molecule has 1 amide bonds. The number of rotatable bonds is 6. The molecular weight excluding hydrogens is 566 g/mol. The van der Waals surface area contributed by atoms with E-state index in [0.29, 0.717) is 23.7 Å². The molecule has 10 nitrogen and oxygen atoms in total. The molecule has 5 heterocycles. The number of nitrogens with zero attached hydrogens (tertiary/aromatic N) is 6. The maximum atomic E-state index is 13.7. The fourth-order valence-electron chi connectivity index (χ4n) is 7.68. The number of aromatic nitrogens is 3. The summed E-state index contributed by atoms with van der Waals surface area (Å²) in [6.07, 6.45) is 16.0. The predicted octanol–water partition coefficient (Wildman–Crippen LogP) is 3.96. The van der Waals surface area contributed by atoms with Crippen molar-refractivity contribution in [2.24, 2.45) is 5.41 Å². The van der Waals surface area contributed by atoms with E-state index in [4.69, 9.17) is 0 Å². The number of aliphatic hydroxyl groups is 1. The molecule has 45 heavy (non-hydrogen) atoms. The van der Waals surface area contributed by atoms with E-state index < -0.39 is 5.41 Å². The number of carbonyl (C=O) groups is 1. The summed E-state index contributed by atoms with van der Waals surface area (Å²) in [6, 6.07) is 9.56. The number of nitrogens with one attached hydrogen (secondary N) is 1. The third kappa shape index (κ3) is 5.45. The summed E-state index contributed by atoms with van der Waals surface area (Å²) in [5, 5.41) is 14.7. The summed E-state index contributed by atoms with van der Waals surface area (Å²) < 4.78 is 2.23. The van der Waals surface area contributed by atoms with Gasteiger partial charge in [0.25, 0.3) is 11.5 Å². The van der Waals surface area contributed by atoms with Crippen LogP contribution in [0.25, 0.3) is 5.57 Å².